The highest BCUT2D eigenvalue weighted by atomic mass is 16.6. The second-order valence-corrected chi connectivity index (χ2v) is 5.11. The van der Waals surface area contributed by atoms with Gasteiger partial charge in [0, 0.05) is 12.1 Å². The molecule has 0 N–H and O–H groups in total. The molecule has 2 unspecified atom stereocenters. The van der Waals surface area contributed by atoms with Crippen molar-refractivity contribution in [2.24, 2.45) is 17.0 Å². The third-order valence-electron chi connectivity index (χ3n) is 3.62. The molecule has 1 fully saturated rings. The van der Waals surface area contributed by atoms with Crippen molar-refractivity contribution in [2.45, 2.75) is 38.7 Å². The zero-order valence-electron chi connectivity index (χ0n) is 11.2. The van der Waals surface area contributed by atoms with E-state index in [4.69, 9.17) is 10.1 Å². The minimum atomic E-state index is 0.239. The lowest BCUT2D eigenvalue weighted by molar-refractivity contribution is 0.130. The summed E-state index contributed by atoms with van der Waals surface area (Å²) in [6.07, 6.45) is 7.24. The highest BCUT2D eigenvalue weighted by molar-refractivity contribution is 5.59. The fourth-order valence-corrected chi connectivity index (χ4v) is 2.42. The van der Waals surface area contributed by atoms with Gasteiger partial charge in [0.1, 0.15) is 6.61 Å². The molecule has 0 bridgehead atoms. The average Bonchev–Trinajstić information content (AvgIpc) is 2.70. The van der Waals surface area contributed by atoms with Gasteiger partial charge in [0.15, 0.2) is 0 Å². The van der Waals surface area contributed by atoms with Crippen molar-refractivity contribution < 1.29 is 4.84 Å². The molecule has 0 saturated heterocycles. The summed E-state index contributed by atoms with van der Waals surface area (Å²) >= 11 is 0. The number of nitriles is 1. The van der Waals surface area contributed by atoms with Crippen LogP contribution >= 0.6 is 0 Å². The predicted molar refractivity (Wildman–Crippen MR) is 75.4 cm³/mol. The van der Waals surface area contributed by atoms with Gasteiger partial charge in [-0.05, 0) is 37.2 Å². The lowest BCUT2D eigenvalue weighted by Crippen LogP contribution is -2.01. The third-order valence-corrected chi connectivity index (χ3v) is 3.62. The quantitative estimate of drug-likeness (QED) is 0.466. The van der Waals surface area contributed by atoms with E-state index >= 15 is 0 Å². The summed E-state index contributed by atoms with van der Waals surface area (Å²) in [4.78, 5) is 5.32. The summed E-state index contributed by atoms with van der Waals surface area (Å²) in [5, 5.41) is 13.0. The standard InChI is InChI=1S/C16H20N2O/c17-11-14-7-4-8-15(10-9-14)12-18-19-13-16-5-2-1-3-6-16/h1-3,5-6,12,14-15H,4,7-10,13H2. The molecule has 0 heterocycles. The van der Waals surface area contributed by atoms with E-state index in [9.17, 15) is 0 Å². The van der Waals surface area contributed by atoms with Crippen LogP contribution in [0.5, 0.6) is 0 Å². The van der Waals surface area contributed by atoms with Crippen LogP contribution in [0.3, 0.4) is 0 Å². The van der Waals surface area contributed by atoms with Gasteiger partial charge in [-0.2, -0.15) is 5.26 Å². The van der Waals surface area contributed by atoms with Gasteiger partial charge in [-0.1, -0.05) is 41.9 Å². The SMILES string of the molecule is N#CC1CCCC(C=NOCc2ccccc2)CC1. The van der Waals surface area contributed by atoms with Crippen LogP contribution in [-0.4, -0.2) is 6.21 Å². The summed E-state index contributed by atoms with van der Waals surface area (Å²) in [7, 11) is 0. The monoisotopic (exact) mass is 256 g/mol. The Morgan fingerprint density at radius 1 is 1.21 bits per heavy atom. The lowest BCUT2D eigenvalue weighted by Gasteiger charge is -2.06. The fraction of sp³-hybridized carbons (Fsp3) is 0.500. The first-order valence-corrected chi connectivity index (χ1v) is 6.97. The highest BCUT2D eigenvalue weighted by Crippen LogP contribution is 2.25. The molecule has 3 nitrogen and oxygen atoms in total. The molecular weight excluding hydrogens is 236 g/mol. The summed E-state index contributed by atoms with van der Waals surface area (Å²) in [6, 6.07) is 12.4. The Morgan fingerprint density at radius 2 is 2.05 bits per heavy atom. The van der Waals surface area contributed by atoms with Gasteiger partial charge in [0.25, 0.3) is 0 Å². The van der Waals surface area contributed by atoms with E-state index in [0.29, 0.717) is 12.5 Å². The summed E-state index contributed by atoms with van der Waals surface area (Å²) in [6.45, 7) is 0.519. The van der Waals surface area contributed by atoms with Crippen LogP contribution < -0.4 is 0 Å². The fourth-order valence-electron chi connectivity index (χ4n) is 2.42. The number of rotatable bonds is 4. The van der Waals surface area contributed by atoms with Crippen LogP contribution in [0, 0.1) is 23.2 Å². The summed E-state index contributed by atoms with van der Waals surface area (Å²) in [5.74, 6) is 0.706. The highest BCUT2D eigenvalue weighted by Gasteiger charge is 2.17. The number of nitrogens with zero attached hydrogens (tertiary/aromatic N) is 2. The van der Waals surface area contributed by atoms with E-state index in [0.717, 1.165) is 37.7 Å². The Balaban J connectivity index is 1.72. The van der Waals surface area contributed by atoms with Crippen molar-refractivity contribution in [3.8, 4) is 6.07 Å². The molecule has 3 heteroatoms. The smallest absolute Gasteiger partial charge is 0.142 e. The van der Waals surface area contributed by atoms with Gasteiger partial charge >= 0.3 is 0 Å². The molecule has 2 rings (SSSR count). The largest absolute Gasteiger partial charge is 0.391 e. The lowest BCUT2D eigenvalue weighted by atomic mass is 10.0. The van der Waals surface area contributed by atoms with Crippen molar-refractivity contribution in [1.29, 1.82) is 5.26 Å². The molecule has 0 amide bonds. The summed E-state index contributed by atoms with van der Waals surface area (Å²) < 4.78 is 0. The normalized spacial score (nSPS) is 23.7. The van der Waals surface area contributed by atoms with E-state index in [1.807, 2.05) is 36.5 Å². The number of oxime groups is 1. The zero-order chi connectivity index (χ0) is 13.3. The Hall–Kier alpha value is -1.82. The van der Waals surface area contributed by atoms with E-state index in [-0.39, 0.29) is 5.92 Å². The molecular formula is C16H20N2O. The molecule has 1 aromatic carbocycles. The second-order valence-electron chi connectivity index (χ2n) is 5.11. The Bertz CT molecular complexity index is 436. The molecule has 0 aliphatic heterocycles. The molecule has 0 aromatic heterocycles. The van der Waals surface area contributed by atoms with Crippen molar-refractivity contribution in [2.75, 3.05) is 0 Å². The maximum atomic E-state index is 8.93. The Labute approximate surface area is 114 Å². The minimum Gasteiger partial charge on any atom is -0.391 e. The molecule has 2 atom stereocenters. The number of hydrogen-bond acceptors (Lipinski definition) is 3. The first kappa shape index (κ1) is 13.6. The van der Waals surface area contributed by atoms with E-state index in [2.05, 4.69) is 11.2 Å². The van der Waals surface area contributed by atoms with E-state index in [1.54, 1.807) is 0 Å². The van der Waals surface area contributed by atoms with Gasteiger partial charge < -0.3 is 4.84 Å². The second kappa shape index (κ2) is 7.58. The van der Waals surface area contributed by atoms with Crippen molar-refractivity contribution in [3.05, 3.63) is 35.9 Å². The van der Waals surface area contributed by atoms with Gasteiger partial charge in [0.05, 0.1) is 6.07 Å². The maximum Gasteiger partial charge on any atom is 0.142 e. The molecule has 1 aromatic rings. The van der Waals surface area contributed by atoms with Gasteiger partial charge in [-0.25, -0.2) is 0 Å². The van der Waals surface area contributed by atoms with Crippen LogP contribution in [-0.2, 0) is 11.4 Å². The van der Waals surface area contributed by atoms with E-state index in [1.165, 1.54) is 0 Å². The predicted octanol–water partition coefficient (Wildman–Crippen LogP) is 3.91. The molecule has 1 saturated carbocycles. The van der Waals surface area contributed by atoms with Gasteiger partial charge in [-0.15, -0.1) is 0 Å². The van der Waals surface area contributed by atoms with Gasteiger partial charge in [-0.3, -0.25) is 0 Å². The zero-order valence-corrected chi connectivity index (χ0v) is 11.2. The Morgan fingerprint density at radius 3 is 2.84 bits per heavy atom. The number of hydrogen-bond donors (Lipinski definition) is 0. The van der Waals surface area contributed by atoms with Crippen molar-refractivity contribution >= 4 is 6.21 Å². The Kier molecular flexibility index (Phi) is 5.43. The molecule has 100 valence electrons. The van der Waals surface area contributed by atoms with Crippen molar-refractivity contribution in [3.63, 3.8) is 0 Å². The van der Waals surface area contributed by atoms with Crippen LogP contribution in [0.15, 0.2) is 35.5 Å². The first-order valence-electron chi connectivity index (χ1n) is 6.97. The van der Waals surface area contributed by atoms with Gasteiger partial charge in [0.2, 0.25) is 0 Å². The first-order chi connectivity index (χ1) is 9.38. The number of benzene rings is 1. The van der Waals surface area contributed by atoms with Crippen LogP contribution in [0.4, 0.5) is 0 Å². The molecule has 0 radical (unpaired) electrons. The van der Waals surface area contributed by atoms with Crippen LogP contribution in [0.2, 0.25) is 0 Å². The molecule has 19 heavy (non-hydrogen) atoms. The van der Waals surface area contributed by atoms with Crippen molar-refractivity contribution in [1.82, 2.24) is 0 Å². The molecule has 0 spiro atoms. The summed E-state index contributed by atoms with van der Waals surface area (Å²) in [5.41, 5.74) is 1.13. The maximum absolute atomic E-state index is 8.93. The topological polar surface area (TPSA) is 45.4 Å². The average molecular weight is 256 g/mol. The van der Waals surface area contributed by atoms with E-state index < -0.39 is 0 Å². The molecule has 1 aliphatic carbocycles. The third kappa shape index (κ3) is 4.75. The van der Waals surface area contributed by atoms with Crippen LogP contribution in [0.1, 0.15) is 37.7 Å². The molecule has 1 aliphatic rings. The van der Waals surface area contributed by atoms with Crippen LogP contribution in [0.25, 0.3) is 0 Å². The minimum absolute atomic E-state index is 0.239.